The number of carbonyl (C=O) groups is 3. The summed E-state index contributed by atoms with van der Waals surface area (Å²) in [6, 6.07) is 11.0. The molecule has 0 radical (unpaired) electrons. The highest BCUT2D eigenvalue weighted by molar-refractivity contribution is 7.09. The van der Waals surface area contributed by atoms with Crippen molar-refractivity contribution in [2.45, 2.75) is 24.9 Å². The lowest BCUT2D eigenvalue weighted by atomic mass is 9.92. The fourth-order valence-corrected chi connectivity index (χ4v) is 4.18. The van der Waals surface area contributed by atoms with Gasteiger partial charge < -0.3 is 10.6 Å². The number of fused-ring (bicyclic) bond motifs is 2. The van der Waals surface area contributed by atoms with E-state index in [1.807, 2.05) is 41.8 Å². The molecule has 4 amide bonds. The molecule has 128 valence electrons. The molecule has 1 aliphatic heterocycles. The Morgan fingerprint density at radius 2 is 2.08 bits per heavy atom. The van der Waals surface area contributed by atoms with Crippen LogP contribution in [0.3, 0.4) is 0 Å². The number of thiophene rings is 1. The minimum atomic E-state index is -1.01. The van der Waals surface area contributed by atoms with Crippen molar-refractivity contribution < 1.29 is 14.4 Å². The quantitative estimate of drug-likeness (QED) is 0.821. The van der Waals surface area contributed by atoms with Gasteiger partial charge in [-0.2, -0.15) is 0 Å². The first-order chi connectivity index (χ1) is 12.1. The minimum Gasteiger partial charge on any atom is -0.350 e. The van der Waals surface area contributed by atoms with Crippen molar-refractivity contribution in [1.29, 1.82) is 0 Å². The summed E-state index contributed by atoms with van der Waals surface area (Å²) in [5.74, 6) is -0.686. The van der Waals surface area contributed by atoms with E-state index >= 15 is 0 Å². The first-order valence-electron chi connectivity index (χ1n) is 8.12. The summed E-state index contributed by atoms with van der Waals surface area (Å²) in [5.41, 5.74) is 0.900. The molecule has 2 aromatic rings. The van der Waals surface area contributed by atoms with E-state index in [-0.39, 0.29) is 18.4 Å². The first kappa shape index (κ1) is 15.8. The zero-order valence-corrected chi connectivity index (χ0v) is 14.3. The molecule has 4 rings (SSSR count). The lowest BCUT2D eigenvalue weighted by Crippen LogP contribution is -2.43. The van der Waals surface area contributed by atoms with Gasteiger partial charge in [-0.05, 0) is 35.4 Å². The second-order valence-electron chi connectivity index (χ2n) is 6.24. The zero-order chi connectivity index (χ0) is 17.4. The van der Waals surface area contributed by atoms with Crippen LogP contribution in [0.25, 0.3) is 0 Å². The number of rotatable bonds is 4. The summed E-state index contributed by atoms with van der Waals surface area (Å²) in [4.78, 5) is 39.5. The highest BCUT2D eigenvalue weighted by Gasteiger charge is 2.55. The second-order valence-corrected chi connectivity index (χ2v) is 7.27. The summed E-state index contributed by atoms with van der Waals surface area (Å²) in [7, 11) is 0. The molecule has 1 atom stereocenters. The van der Waals surface area contributed by atoms with E-state index in [2.05, 4.69) is 10.6 Å². The Bertz CT molecular complexity index is 849. The highest BCUT2D eigenvalue weighted by Crippen LogP contribution is 2.41. The van der Waals surface area contributed by atoms with Crippen LogP contribution in [-0.4, -0.2) is 29.3 Å². The van der Waals surface area contributed by atoms with Gasteiger partial charge in [0.1, 0.15) is 12.1 Å². The molecule has 0 bridgehead atoms. The average Bonchev–Trinajstić information content (AvgIpc) is 3.31. The fraction of sp³-hybridized carbons (Fsp3) is 0.278. The number of carbonyl (C=O) groups excluding carboxylic acids is 3. The monoisotopic (exact) mass is 355 g/mol. The van der Waals surface area contributed by atoms with E-state index in [1.165, 1.54) is 0 Å². The molecule has 6 nitrogen and oxygen atoms in total. The molecule has 2 N–H and O–H groups in total. The molecule has 25 heavy (non-hydrogen) atoms. The molecule has 1 aliphatic carbocycles. The third kappa shape index (κ3) is 2.60. The van der Waals surface area contributed by atoms with Gasteiger partial charge in [0.25, 0.3) is 5.91 Å². The van der Waals surface area contributed by atoms with E-state index in [9.17, 15) is 14.4 Å². The molecule has 1 spiro atoms. The number of amides is 4. The van der Waals surface area contributed by atoms with Gasteiger partial charge in [0.05, 0.1) is 6.54 Å². The Balaban J connectivity index is 1.48. The molecule has 1 aromatic heterocycles. The van der Waals surface area contributed by atoms with Crippen LogP contribution in [0, 0.1) is 0 Å². The number of hydrogen-bond donors (Lipinski definition) is 2. The minimum absolute atomic E-state index is 0.264. The zero-order valence-electron chi connectivity index (χ0n) is 13.5. The van der Waals surface area contributed by atoms with Crippen LogP contribution in [0.5, 0.6) is 0 Å². The van der Waals surface area contributed by atoms with E-state index in [1.54, 1.807) is 11.3 Å². The van der Waals surface area contributed by atoms with Gasteiger partial charge in [0.2, 0.25) is 5.91 Å². The first-order valence-corrected chi connectivity index (χ1v) is 9.00. The fourth-order valence-electron chi connectivity index (χ4n) is 3.53. The van der Waals surface area contributed by atoms with Crippen molar-refractivity contribution in [3.63, 3.8) is 0 Å². The summed E-state index contributed by atoms with van der Waals surface area (Å²) in [5, 5.41) is 7.50. The van der Waals surface area contributed by atoms with Crippen molar-refractivity contribution >= 4 is 29.2 Å². The topological polar surface area (TPSA) is 78.5 Å². The molecular weight excluding hydrogens is 338 g/mol. The molecule has 1 unspecified atom stereocenters. The van der Waals surface area contributed by atoms with Gasteiger partial charge in [-0.1, -0.05) is 30.3 Å². The van der Waals surface area contributed by atoms with Crippen LogP contribution in [0.1, 0.15) is 22.4 Å². The number of nitrogens with zero attached hydrogens (tertiary/aromatic N) is 1. The molecular formula is C18H17N3O3S. The second kappa shape index (κ2) is 6.00. The lowest BCUT2D eigenvalue weighted by molar-refractivity contribution is -0.135. The van der Waals surface area contributed by atoms with Crippen molar-refractivity contribution in [2.24, 2.45) is 0 Å². The predicted molar refractivity (Wildman–Crippen MR) is 92.9 cm³/mol. The van der Waals surface area contributed by atoms with Crippen LogP contribution < -0.4 is 10.6 Å². The third-order valence-corrected chi connectivity index (χ3v) is 5.64. The smallest absolute Gasteiger partial charge is 0.325 e. The summed E-state index contributed by atoms with van der Waals surface area (Å²) < 4.78 is 0. The van der Waals surface area contributed by atoms with Gasteiger partial charge in [-0.3, -0.25) is 14.5 Å². The largest absolute Gasteiger partial charge is 0.350 e. The van der Waals surface area contributed by atoms with Crippen molar-refractivity contribution in [3.8, 4) is 0 Å². The number of benzene rings is 1. The molecule has 1 aromatic carbocycles. The van der Waals surface area contributed by atoms with Crippen molar-refractivity contribution in [3.05, 3.63) is 57.8 Å². The van der Waals surface area contributed by atoms with E-state index in [0.29, 0.717) is 13.0 Å². The Morgan fingerprint density at radius 3 is 2.88 bits per heavy atom. The summed E-state index contributed by atoms with van der Waals surface area (Å²) in [6.07, 6.45) is 1.27. The SMILES string of the molecule is O=C(CN1C(=O)NC2(CCc3ccccc32)C1=O)NCc1cccs1. The van der Waals surface area contributed by atoms with Crippen molar-refractivity contribution in [1.82, 2.24) is 15.5 Å². The van der Waals surface area contributed by atoms with E-state index in [4.69, 9.17) is 0 Å². The Morgan fingerprint density at radius 1 is 1.24 bits per heavy atom. The standard InChI is InChI=1S/C18H17N3O3S/c22-15(19-10-13-5-3-9-25-13)11-21-16(23)18(20-17(21)24)8-7-12-4-1-2-6-14(12)18/h1-6,9H,7-8,10-11H2,(H,19,22)(H,20,24). The molecule has 1 saturated heterocycles. The number of hydrogen-bond acceptors (Lipinski definition) is 4. The predicted octanol–water partition coefficient (Wildman–Crippen LogP) is 1.76. The van der Waals surface area contributed by atoms with Gasteiger partial charge in [-0.15, -0.1) is 11.3 Å². The van der Waals surface area contributed by atoms with Crippen LogP contribution in [0.4, 0.5) is 4.79 Å². The lowest BCUT2D eigenvalue weighted by Gasteiger charge is -2.22. The van der Waals surface area contributed by atoms with E-state index < -0.39 is 11.6 Å². The molecule has 7 heteroatoms. The average molecular weight is 355 g/mol. The molecule has 2 aliphatic rings. The van der Waals surface area contributed by atoms with E-state index in [0.717, 1.165) is 27.3 Å². The van der Waals surface area contributed by atoms with Crippen LogP contribution in [0.2, 0.25) is 0 Å². The Labute approximate surface area is 148 Å². The summed E-state index contributed by atoms with van der Waals surface area (Å²) >= 11 is 1.54. The number of imide groups is 1. The number of urea groups is 1. The van der Waals surface area contributed by atoms with Crippen LogP contribution in [-0.2, 0) is 28.1 Å². The van der Waals surface area contributed by atoms with Crippen LogP contribution >= 0.6 is 11.3 Å². The van der Waals surface area contributed by atoms with Crippen LogP contribution in [0.15, 0.2) is 41.8 Å². The molecule has 0 saturated carbocycles. The number of nitrogens with one attached hydrogen (secondary N) is 2. The highest BCUT2D eigenvalue weighted by atomic mass is 32.1. The molecule has 1 fully saturated rings. The maximum Gasteiger partial charge on any atom is 0.325 e. The van der Waals surface area contributed by atoms with Gasteiger partial charge in [-0.25, -0.2) is 4.79 Å². The maximum atomic E-state index is 12.9. The summed E-state index contributed by atoms with van der Waals surface area (Å²) in [6.45, 7) is 0.133. The Hall–Kier alpha value is -2.67. The van der Waals surface area contributed by atoms with Gasteiger partial charge in [0, 0.05) is 4.88 Å². The number of aryl methyl sites for hydroxylation is 1. The third-order valence-electron chi connectivity index (χ3n) is 4.76. The van der Waals surface area contributed by atoms with Crippen molar-refractivity contribution in [2.75, 3.05) is 6.54 Å². The maximum absolute atomic E-state index is 12.9. The Kier molecular flexibility index (Phi) is 3.80. The molecule has 2 heterocycles. The van der Waals surface area contributed by atoms with Gasteiger partial charge in [0.15, 0.2) is 0 Å². The normalized spacial score (nSPS) is 21.5. The van der Waals surface area contributed by atoms with Gasteiger partial charge >= 0.3 is 6.03 Å².